The van der Waals surface area contributed by atoms with Gasteiger partial charge in [-0.15, -0.1) is 6.42 Å². The van der Waals surface area contributed by atoms with Crippen LogP contribution in [0.25, 0.3) is 0 Å². The number of terminal acetylenes is 1. The molecular formula is C8H8N2O2. The second-order valence-corrected chi connectivity index (χ2v) is 2.21. The van der Waals surface area contributed by atoms with Gasteiger partial charge in [-0.1, -0.05) is 11.1 Å². The molecule has 4 nitrogen and oxygen atoms in total. The minimum Gasteiger partial charge on any atom is -0.361 e. The van der Waals surface area contributed by atoms with Crippen LogP contribution >= 0.6 is 0 Å². The number of carbonyl (C=O) groups is 1. The first-order chi connectivity index (χ1) is 5.74. The molecule has 0 radical (unpaired) electrons. The van der Waals surface area contributed by atoms with E-state index in [-0.39, 0.29) is 18.1 Å². The van der Waals surface area contributed by atoms with Crippen LogP contribution in [0.5, 0.6) is 0 Å². The zero-order valence-electron chi connectivity index (χ0n) is 6.63. The zero-order valence-corrected chi connectivity index (χ0v) is 6.63. The maximum atomic E-state index is 11.1. The van der Waals surface area contributed by atoms with Gasteiger partial charge in [-0.2, -0.15) is 0 Å². The van der Waals surface area contributed by atoms with Crippen molar-refractivity contribution in [1.82, 2.24) is 10.5 Å². The first-order valence-electron chi connectivity index (χ1n) is 3.39. The predicted octanol–water partition coefficient (Wildman–Crippen LogP) is 0.346. The lowest BCUT2D eigenvalue weighted by atomic mass is 10.3. The molecule has 1 N–H and O–H groups in total. The zero-order chi connectivity index (χ0) is 8.97. The third kappa shape index (κ3) is 1.86. The van der Waals surface area contributed by atoms with Gasteiger partial charge in [0.1, 0.15) is 5.76 Å². The standard InChI is InChI=1S/C8H8N2O2/c1-3-4-9-8(11)7-5-6(2)12-10-7/h1,5H,4H2,2H3,(H,9,11). The maximum absolute atomic E-state index is 11.1. The monoisotopic (exact) mass is 164 g/mol. The molecule has 1 heterocycles. The van der Waals surface area contributed by atoms with Crippen molar-refractivity contribution >= 4 is 5.91 Å². The van der Waals surface area contributed by atoms with Crippen LogP contribution < -0.4 is 5.32 Å². The first-order valence-corrected chi connectivity index (χ1v) is 3.39. The number of carbonyl (C=O) groups excluding carboxylic acids is 1. The number of rotatable bonds is 2. The maximum Gasteiger partial charge on any atom is 0.274 e. The predicted molar refractivity (Wildman–Crippen MR) is 42.4 cm³/mol. The minimum absolute atomic E-state index is 0.199. The molecule has 1 rings (SSSR count). The number of aryl methyl sites for hydroxylation is 1. The molecule has 0 aliphatic heterocycles. The van der Waals surface area contributed by atoms with E-state index >= 15 is 0 Å². The van der Waals surface area contributed by atoms with Gasteiger partial charge in [0.2, 0.25) is 0 Å². The van der Waals surface area contributed by atoms with Crippen LogP contribution in [0.2, 0.25) is 0 Å². The molecule has 0 saturated carbocycles. The molecule has 0 aromatic carbocycles. The summed E-state index contributed by atoms with van der Waals surface area (Å²) in [7, 11) is 0. The summed E-state index contributed by atoms with van der Waals surface area (Å²) in [5.74, 6) is 2.57. The van der Waals surface area contributed by atoms with E-state index < -0.39 is 0 Å². The van der Waals surface area contributed by atoms with Crippen LogP contribution in [0, 0.1) is 19.3 Å². The highest BCUT2D eigenvalue weighted by atomic mass is 16.5. The van der Waals surface area contributed by atoms with Crippen LogP contribution in [0.4, 0.5) is 0 Å². The lowest BCUT2D eigenvalue weighted by Crippen LogP contribution is -2.23. The van der Waals surface area contributed by atoms with E-state index in [1.165, 1.54) is 0 Å². The van der Waals surface area contributed by atoms with Crippen LogP contribution in [0.3, 0.4) is 0 Å². The molecule has 12 heavy (non-hydrogen) atoms. The fourth-order valence-corrected chi connectivity index (χ4v) is 0.695. The molecular weight excluding hydrogens is 156 g/mol. The van der Waals surface area contributed by atoms with Crippen molar-refractivity contribution in [1.29, 1.82) is 0 Å². The number of nitrogens with zero attached hydrogens (tertiary/aromatic N) is 1. The normalized spacial score (nSPS) is 9.00. The summed E-state index contributed by atoms with van der Waals surface area (Å²) < 4.78 is 4.70. The van der Waals surface area contributed by atoms with E-state index in [2.05, 4.69) is 16.4 Å². The van der Waals surface area contributed by atoms with Crippen LogP contribution in [-0.4, -0.2) is 17.6 Å². The Hall–Kier alpha value is -1.76. The lowest BCUT2D eigenvalue weighted by molar-refractivity contribution is 0.0949. The van der Waals surface area contributed by atoms with E-state index in [0.29, 0.717) is 5.76 Å². The van der Waals surface area contributed by atoms with E-state index in [9.17, 15) is 4.79 Å². The average molecular weight is 164 g/mol. The highest BCUT2D eigenvalue weighted by Gasteiger charge is 2.08. The lowest BCUT2D eigenvalue weighted by Gasteiger charge is -1.93. The summed E-state index contributed by atoms with van der Waals surface area (Å²) in [6.45, 7) is 1.91. The Morgan fingerprint density at radius 3 is 3.17 bits per heavy atom. The highest BCUT2D eigenvalue weighted by Crippen LogP contribution is 2.00. The molecule has 0 spiro atoms. The fourth-order valence-electron chi connectivity index (χ4n) is 0.695. The van der Waals surface area contributed by atoms with Crippen molar-refractivity contribution in [3.05, 3.63) is 17.5 Å². The number of hydrogen-bond acceptors (Lipinski definition) is 3. The average Bonchev–Trinajstić information content (AvgIpc) is 2.47. The molecule has 1 aromatic rings. The summed E-state index contributed by atoms with van der Waals surface area (Å²) in [5.41, 5.74) is 0.253. The van der Waals surface area contributed by atoms with Gasteiger partial charge in [0.15, 0.2) is 5.69 Å². The van der Waals surface area contributed by atoms with Gasteiger partial charge in [-0.25, -0.2) is 0 Å². The molecule has 62 valence electrons. The van der Waals surface area contributed by atoms with Gasteiger partial charge < -0.3 is 9.84 Å². The largest absolute Gasteiger partial charge is 0.361 e. The molecule has 0 unspecified atom stereocenters. The smallest absolute Gasteiger partial charge is 0.274 e. The Morgan fingerprint density at radius 2 is 2.67 bits per heavy atom. The third-order valence-electron chi connectivity index (χ3n) is 1.21. The highest BCUT2D eigenvalue weighted by molar-refractivity contribution is 5.92. The van der Waals surface area contributed by atoms with Gasteiger partial charge in [-0.05, 0) is 6.92 Å². The fraction of sp³-hybridized carbons (Fsp3) is 0.250. The molecule has 0 atom stereocenters. The topological polar surface area (TPSA) is 55.1 Å². The summed E-state index contributed by atoms with van der Waals surface area (Å²) in [6, 6.07) is 1.55. The molecule has 1 aromatic heterocycles. The Labute approximate surface area is 69.9 Å². The van der Waals surface area contributed by atoms with Crippen LogP contribution in [-0.2, 0) is 0 Å². The quantitative estimate of drug-likeness (QED) is 0.641. The second kappa shape index (κ2) is 3.58. The van der Waals surface area contributed by atoms with Crippen molar-refractivity contribution in [3.63, 3.8) is 0 Å². The molecule has 0 aliphatic carbocycles. The van der Waals surface area contributed by atoms with Crippen LogP contribution in [0.1, 0.15) is 16.2 Å². The summed E-state index contributed by atoms with van der Waals surface area (Å²) in [5, 5.41) is 5.98. The van der Waals surface area contributed by atoms with Gasteiger partial charge in [0, 0.05) is 6.07 Å². The number of hydrogen-bond donors (Lipinski definition) is 1. The van der Waals surface area contributed by atoms with E-state index in [1.54, 1.807) is 13.0 Å². The number of nitrogens with one attached hydrogen (secondary N) is 1. The third-order valence-corrected chi connectivity index (χ3v) is 1.21. The molecule has 4 heteroatoms. The molecule has 1 amide bonds. The summed E-state index contributed by atoms with van der Waals surface area (Å²) in [4.78, 5) is 11.1. The van der Waals surface area contributed by atoms with E-state index in [1.807, 2.05) is 0 Å². The molecule has 0 aliphatic rings. The Bertz CT molecular complexity index is 322. The van der Waals surface area contributed by atoms with Crippen molar-refractivity contribution in [3.8, 4) is 12.3 Å². The first kappa shape index (κ1) is 8.34. The SMILES string of the molecule is C#CCNC(=O)c1cc(C)on1. The van der Waals surface area contributed by atoms with Gasteiger partial charge >= 0.3 is 0 Å². The molecule has 0 bridgehead atoms. The molecule has 0 fully saturated rings. The number of amides is 1. The van der Waals surface area contributed by atoms with Gasteiger partial charge in [-0.3, -0.25) is 4.79 Å². The minimum atomic E-state index is -0.315. The van der Waals surface area contributed by atoms with E-state index in [0.717, 1.165) is 0 Å². The van der Waals surface area contributed by atoms with Crippen molar-refractivity contribution < 1.29 is 9.32 Å². The molecule has 0 saturated heterocycles. The second-order valence-electron chi connectivity index (χ2n) is 2.21. The summed E-state index contributed by atoms with van der Waals surface area (Å²) in [6.07, 6.45) is 4.95. The Balaban J connectivity index is 2.61. The van der Waals surface area contributed by atoms with Crippen molar-refractivity contribution in [2.24, 2.45) is 0 Å². The van der Waals surface area contributed by atoms with Crippen molar-refractivity contribution in [2.75, 3.05) is 6.54 Å². The van der Waals surface area contributed by atoms with Gasteiger partial charge in [0.25, 0.3) is 5.91 Å². The Morgan fingerprint density at radius 1 is 1.92 bits per heavy atom. The summed E-state index contributed by atoms with van der Waals surface area (Å²) >= 11 is 0. The van der Waals surface area contributed by atoms with Crippen molar-refractivity contribution in [2.45, 2.75) is 6.92 Å². The van der Waals surface area contributed by atoms with E-state index in [4.69, 9.17) is 10.9 Å². The number of aromatic nitrogens is 1. The van der Waals surface area contributed by atoms with Gasteiger partial charge in [0.05, 0.1) is 6.54 Å². The van der Waals surface area contributed by atoms with Crippen LogP contribution in [0.15, 0.2) is 10.6 Å². The Kier molecular flexibility index (Phi) is 2.49.